The number of nitrogens with zero attached hydrogens (tertiary/aromatic N) is 2. The number of para-hydroxylation sites is 1. The van der Waals surface area contributed by atoms with Crippen molar-refractivity contribution in [2.45, 2.75) is 16.3 Å². The Kier molecular flexibility index (Phi) is 7.42. The van der Waals surface area contributed by atoms with Crippen LogP contribution in [-0.2, 0) is 30.7 Å². The highest BCUT2D eigenvalue weighted by Crippen LogP contribution is 2.30. The van der Waals surface area contributed by atoms with Gasteiger partial charge in [-0.3, -0.25) is 4.79 Å². The van der Waals surface area contributed by atoms with Crippen molar-refractivity contribution in [1.29, 1.82) is 0 Å². The van der Waals surface area contributed by atoms with Crippen molar-refractivity contribution in [3.8, 4) is 0 Å². The summed E-state index contributed by atoms with van der Waals surface area (Å²) in [6, 6.07) is 11.7. The molecule has 3 aromatic rings. The third-order valence-electron chi connectivity index (χ3n) is 4.95. The summed E-state index contributed by atoms with van der Waals surface area (Å²) < 4.78 is 51.5. The van der Waals surface area contributed by atoms with Crippen molar-refractivity contribution in [2.24, 2.45) is 0 Å². The first kappa shape index (κ1) is 22.9. The smallest absolute Gasteiger partial charge is 0.242 e. The molecule has 1 amide bonds. The summed E-state index contributed by atoms with van der Waals surface area (Å²) in [5.74, 6) is -0.695. The molecule has 3 rings (SSSR count). The Morgan fingerprint density at radius 3 is 2.23 bits per heavy atom. The zero-order chi connectivity index (χ0) is 22.4. The standard InChI is InChI=1S/C22H25FN2O5S/c1-29-13-11-24(12-14-30-2)22(26)16-25-15-21(19-5-3-4-6-20(19)25)31(27,28)18-9-7-17(23)8-10-18/h3-10,15H,11-14,16H2,1-2H3. The fourth-order valence-corrected chi connectivity index (χ4v) is 4.79. The summed E-state index contributed by atoms with van der Waals surface area (Å²) in [4.78, 5) is 14.6. The van der Waals surface area contributed by atoms with E-state index in [4.69, 9.17) is 9.47 Å². The maximum absolute atomic E-state index is 13.3. The Hall–Kier alpha value is -2.75. The highest BCUT2D eigenvalue weighted by Gasteiger charge is 2.24. The van der Waals surface area contributed by atoms with Crippen molar-refractivity contribution in [3.05, 3.63) is 60.5 Å². The van der Waals surface area contributed by atoms with Crippen LogP contribution < -0.4 is 0 Å². The van der Waals surface area contributed by atoms with Crippen LogP contribution in [0.1, 0.15) is 0 Å². The van der Waals surface area contributed by atoms with E-state index in [1.807, 2.05) is 0 Å². The lowest BCUT2D eigenvalue weighted by Crippen LogP contribution is -2.38. The first-order chi connectivity index (χ1) is 14.9. The van der Waals surface area contributed by atoms with Gasteiger partial charge in [0.1, 0.15) is 12.4 Å². The summed E-state index contributed by atoms with van der Waals surface area (Å²) in [6.07, 6.45) is 1.46. The van der Waals surface area contributed by atoms with Gasteiger partial charge in [-0.1, -0.05) is 18.2 Å². The average Bonchev–Trinajstić information content (AvgIpc) is 3.13. The van der Waals surface area contributed by atoms with Crippen LogP contribution in [0.2, 0.25) is 0 Å². The molecule has 0 aliphatic rings. The number of aromatic nitrogens is 1. The predicted molar refractivity (Wildman–Crippen MR) is 114 cm³/mol. The Morgan fingerprint density at radius 2 is 1.61 bits per heavy atom. The highest BCUT2D eigenvalue weighted by molar-refractivity contribution is 7.91. The van der Waals surface area contributed by atoms with Crippen molar-refractivity contribution in [1.82, 2.24) is 9.47 Å². The molecular formula is C22H25FN2O5S. The first-order valence-corrected chi connectivity index (χ1v) is 11.2. The third-order valence-corrected chi connectivity index (χ3v) is 6.75. The molecule has 2 aromatic carbocycles. The minimum Gasteiger partial charge on any atom is -0.383 e. The molecule has 0 unspecified atom stereocenters. The van der Waals surface area contributed by atoms with Crippen molar-refractivity contribution in [3.63, 3.8) is 0 Å². The number of sulfone groups is 1. The largest absolute Gasteiger partial charge is 0.383 e. The van der Waals surface area contributed by atoms with Crippen molar-refractivity contribution < 1.29 is 27.1 Å². The molecule has 0 aliphatic carbocycles. The van der Waals surface area contributed by atoms with Gasteiger partial charge in [0, 0.05) is 44.4 Å². The molecule has 0 N–H and O–H groups in total. The Bertz CT molecular complexity index is 1130. The molecule has 0 saturated heterocycles. The fourth-order valence-electron chi connectivity index (χ4n) is 3.31. The van der Waals surface area contributed by atoms with E-state index in [9.17, 15) is 17.6 Å². The fraction of sp³-hybridized carbons (Fsp3) is 0.318. The molecular weight excluding hydrogens is 423 g/mol. The Labute approximate surface area is 180 Å². The molecule has 31 heavy (non-hydrogen) atoms. The van der Waals surface area contributed by atoms with Gasteiger partial charge in [-0.15, -0.1) is 0 Å². The van der Waals surface area contributed by atoms with E-state index in [1.54, 1.807) is 48.0 Å². The molecule has 0 spiro atoms. The van der Waals surface area contributed by atoms with Crippen LogP contribution in [-0.4, -0.2) is 64.3 Å². The van der Waals surface area contributed by atoms with Crippen LogP contribution in [0.5, 0.6) is 0 Å². The number of rotatable bonds is 10. The summed E-state index contributed by atoms with van der Waals surface area (Å²) in [5, 5.41) is 0.500. The van der Waals surface area contributed by atoms with Gasteiger partial charge in [0.2, 0.25) is 15.7 Å². The van der Waals surface area contributed by atoms with E-state index in [2.05, 4.69) is 0 Å². The number of hydrogen-bond donors (Lipinski definition) is 0. The third kappa shape index (κ3) is 5.12. The molecule has 0 radical (unpaired) electrons. The molecule has 0 atom stereocenters. The molecule has 0 aliphatic heterocycles. The predicted octanol–water partition coefficient (Wildman–Crippen LogP) is 2.73. The van der Waals surface area contributed by atoms with Crippen molar-refractivity contribution in [2.75, 3.05) is 40.5 Å². The number of ether oxygens (including phenoxy) is 2. The lowest BCUT2D eigenvalue weighted by molar-refractivity contribution is -0.133. The number of halogens is 1. The summed E-state index contributed by atoms with van der Waals surface area (Å²) in [7, 11) is -0.777. The SMILES string of the molecule is COCCN(CCOC)C(=O)Cn1cc(S(=O)(=O)c2ccc(F)cc2)c2ccccc21. The summed E-state index contributed by atoms with van der Waals surface area (Å²) >= 11 is 0. The van der Waals surface area contributed by atoms with Gasteiger partial charge in [-0.2, -0.15) is 0 Å². The van der Waals surface area contributed by atoms with Crippen molar-refractivity contribution >= 4 is 26.6 Å². The van der Waals surface area contributed by atoms with Gasteiger partial charge in [-0.25, -0.2) is 12.8 Å². The van der Waals surface area contributed by atoms with Gasteiger partial charge in [0.15, 0.2) is 0 Å². The van der Waals surface area contributed by atoms with E-state index in [-0.39, 0.29) is 22.2 Å². The zero-order valence-corrected chi connectivity index (χ0v) is 18.3. The minimum atomic E-state index is -3.90. The Morgan fingerprint density at radius 1 is 1.00 bits per heavy atom. The lowest BCUT2D eigenvalue weighted by Gasteiger charge is -2.22. The number of methoxy groups -OCH3 is 2. The number of benzene rings is 2. The van der Waals surface area contributed by atoms with Crippen LogP contribution >= 0.6 is 0 Å². The number of hydrogen-bond acceptors (Lipinski definition) is 5. The number of amides is 1. The van der Waals surface area contributed by atoms with Gasteiger partial charge >= 0.3 is 0 Å². The normalized spacial score (nSPS) is 11.7. The van der Waals surface area contributed by atoms with Crippen LogP contribution in [0.25, 0.3) is 10.9 Å². The number of carbonyl (C=O) groups excluding carboxylic acids is 1. The second kappa shape index (κ2) is 10.0. The van der Waals surface area contributed by atoms with E-state index in [0.29, 0.717) is 37.2 Å². The first-order valence-electron chi connectivity index (χ1n) is 9.72. The van der Waals surface area contributed by atoms with Gasteiger partial charge in [0.05, 0.1) is 23.0 Å². The maximum Gasteiger partial charge on any atom is 0.242 e. The molecule has 0 bridgehead atoms. The second-order valence-electron chi connectivity index (χ2n) is 6.96. The van der Waals surface area contributed by atoms with Crippen LogP contribution in [0, 0.1) is 5.82 Å². The molecule has 0 saturated carbocycles. The molecule has 0 fully saturated rings. The van der Waals surface area contributed by atoms with E-state index >= 15 is 0 Å². The minimum absolute atomic E-state index is 0.00931. The maximum atomic E-state index is 13.3. The monoisotopic (exact) mass is 448 g/mol. The molecule has 7 nitrogen and oxygen atoms in total. The second-order valence-corrected chi connectivity index (χ2v) is 8.88. The topological polar surface area (TPSA) is 77.8 Å². The zero-order valence-electron chi connectivity index (χ0n) is 17.5. The molecule has 1 aromatic heterocycles. The van der Waals surface area contributed by atoms with Gasteiger partial charge in [-0.05, 0) is 30.3 Å². The number of carbonyl (C=O) groups is 1. The van der Waals surface area contributed by atoms with Gasteiger partial charge < -0.3 is 18.9 Å². The van der Waals surface area contributed by atoms with Gasteiger partial charge in [0.25, 0.3) is 0 Å². The molecule has 1 heterocycles. The van der Waals surface area contributed by atoms with E-state index < -0.39 is 15.7 Å². The summed E-state index contributed by atoms with van der Waals surface area (Å²) in [5.41, 5.74) is 0.620. The average molecular weight is 449 g/mol. The van der Waals surface area contributed by atoms with E-state index in [0.717, 1.165) is 12.1 Å². The summed E-state index contributed by atoms with van der Waals surface area (Å²) in [6.45, 7) is 1.53. The highest BCUT2D eigenvalue weighted by atomic mass is 32.2. The molecule has 9 heteroatoms. The van der Waals surface area contributed by atoms with Crippen LogP contribution in [0.3, 0.4) is 0 Å². The molecule has 166 valence electrons. The number of fused-ring (bicyclic) bond motifs is 1. The van der Waals surface area contributed by atoms with Crippen LogP contribution in [0.4, 0.5) is 4.39 Å². The van der Waals surface area contributed by atoms with Crippen LogP contribution in [0.15, 0.2) is 64.5 Å². The lowest BCUT2D eigenvalue weighted by atomic mass is 10.2. The quantitative estimate of drug-likeness (QED) is 0.446. The Balaban J connectivity index is 1.97. The van der Waals surface area contributed by atoms with E-state index in [1.165, 1.54) is 18.3 Å².